The Kier molecular flexibility index (Phi) is 3.87. The quantitative estimate of drug-likeness (QED) is 0.912. The van der Waals surface area contributed by atoms with Crippen LogP contribution >= 0.6 is 15.9 Å². The summed E-state index contributed by atoms with van der Waals surface area (Å²) >= 11 is 3.37. The molecule has 0 atom stereocenters. The van der Waals surface area contributed by atoms with Crippen LogP contribution in [0, 0.1) is 0 Å². The zero-order chi connectivity index (χ0) is 14.1. The molecule has 1 N–H and O–H groups in total. The Labute approximate surface area is 125 Å². The molecule has 0 unspecified atom stereocenters. The number of nitrogens with zero attached hydrogens (tertiary/aromatic N) is 3. The Balaban J connectivity index is 1.92. The third-order valence-electron chi connectivity index (χ3n) is 3.72. The van der Waals surface area contributed by atoms with Gasteiger partial charge in [0.1, 0.15) is 5.65 Å². The lowest BCUT2D eigenvalue weighted by molar-refractivity contribution is 0.143. The molecule has 1 saturated heterocycles. The molecule has 1 aliphatic rings. The average Bonchev–Trinajstić information content (AvgIpc) is 2.37. The van der Waals surface area contributed by atoms with Gasteiger partial charge >= 0.3 is 0 Å². The van der Waals surface area contributed by atoms with Crippen LogP contribution in [0.15, 0.2) is 33.7 Å². The smallest absolute Gasteiger partial charge is 0.258 e. The normalized spacial score (nSPS) is 15.8. The van der Waals surface area contributed by atoms with Crippen molar-refractivity contribution in [3.05, 3.63) is 44.9 Å². The minimum Gasteiger partial charge on any atom is -0.314 e. The number of rotatable bonds is 4. The maximum Gasteiger partial charge on any atom is 0.258 e. The van der Waals surface area contributed by atoms with E-state index in [1.54, 1.807) is 16.7 Å². The van der Waals surface area contributed by atoms with E-state index in [0.717, 1.165) is 36.3 Å². The predicted molar refractivity (Wildman–Crippen MR) is 81.9 cm³/mol. The van der Waals surface area contributed by atoms with Crippen molar-refractivity contribution in [2.45, 2.75) is 19.5 Å². The van der Waals surface area contributed by atoms with Crippen molar-refractivity contribution in [3.8, 4) is 0 Å². The van der Waals surface area contributed by atoms with Crippen molar-refractivity contribution in [2.24, 2.45) is 0 Å². The lowest BCUT2D eigenvalue weighted by Crippen LogP contribution is -2.56. The van der Waals surface area contributed by atoms with Crippen LogP contribution in [0.1, 0.15) is 12.6 Å². The molecule has 0 bridgehead atoms. The van der Waals surface area contributed by atoms with Gasteiger partial charge in [0.25, 0.3) is 5.56 Å². The fourth-order valence-corrected chi connectivity index (χ4v) is 2.78. The maximum absolute atomic E-state index is 12.1. The van der Waals surface area contributed by atoms with E-state index in [4.69, 9.17) is 0 Å². The lowest BCUT2D eigenvalue weighted by atomic mass is 10.1. The van der Waals surface area contributed by atoms with Crippen LogP contribution in [-0.2, 0) is 6.54 Å². The van der Waals surface area contributed by atoms with Crippen molar-refractivity contribution >= 4 is 21.6 Å². The summed E-state index contributed by atoms with van der Waals surface area (Å²) in [5.41, 5.74) is 1.50. The minimum atomic E-state index is -0.0333. The molecule has 6 heteroatoms. The summed E-state index contributed by atoms with van der Waals surface area (Å²) in [5, 5.41) is 3.28. The first-order chi connectivity index (χ1) is 9.67. The van der Waals surface area contributed by atoms with E-state index in [2.05, 4.69) is 38.1 Å². The summed E-state index contributed by atoms with van der Waals surface area (Å²) in [7, 11) is 0. The molecule has 0 aliphatic carbocycles. The van der Waals surface area contributed by atoms with Crippen molar-refractivity contribution in [1.29, 1.82) is 0 Å². The first-order valence-electron chi connectivity index (χ1n) is 6.80. The van der Waals surface area contributed by atoms with Crippen LogP contribution < -0.4 is 10.9 Å². The molecule has 0 radical (unpaired) electrons. The van der Waals surface area contributed by atoms with Crippen LogP contribution in [0.5, 0.6) is 0 Å². The molecule has 1 fully saturated rings. The monoisotopic (exact) mass is 336 g/mol. The molecule has 0 amide bonds. The van der Waals surface area contributed by atoms with E-state index >= 15 is 0 Å². The number of halogens is 1. The van der Waals surface area contributed by atoms with Gasteiger partial charge < -0.3 is 5.32 Å². The number of likely N-dealkylation sites (N-methyl/N-ethyl adjacent to an activating group) is 1. The van der Waals surface area contributed by atoms with E-state index in [9.17, 15) is 4.79 Å². The Morgan fingerprint density at radius 2 is 2.30 bits per heavy atom. The van der Waals surface area contributed by atoms with E-state index in [1.165, 1.54) is 0 Å². The van der Waals surface area contributed by atoms with Gasteiger partial charge in [0.15, 0.2) is 0 Å². The summed E-state index contributed by atoms with van der Waals surface area (Å²) in [4.78, 5) is 19.1. The molecule has 3 heterocycles. The molecule has 106 valence electrons. The highest BCUT2D eigenvalue weighted by Gasteiger charge is 2.23. The zero-order valence-electron chi connectivity index (χ0n) is 11.3. The van der Waals surface area contributed by atoms with Crippen LogP contribution in [0.25, 0.3) is 5.65 Å². The van der Waals surface area contributed by atoms with Crippen LogP contribution in [0.3, 0.4) is 0 Å². The van der Waals surface area contributed by atoms with Gasteiger partial charge in [0, 0.05) is 42.4 Å². The molecule has 0 spiro atoms. The Morgan fingerprint density at radius 3 is 2.95 bits per heavy atom. The zero-order valence-corrected chi connectivity index (χ0v) is 12.9. The number of hydrogen-bond acceptors (Lipinski definition) is 4. The molecule has 0 saturated carbocycles. The van der Waals surface area contributed by atoms with Gasteiger partial charge in [-0.15, -0.1) is 0 Å². The third kappa shape index (κ3) is 2.63. The van der Waals surface area contributed by atoms with Gasteiger partial charge in [-0.2, -0.15) is 0 Å². The molecule has 20 heavy (non-hydrogen) atoms. The molecule has 2 aromatic heterocycles. The Bertz CT molecular complexity index is 680. The Morgan fingerprint density at radius 1 is 1.50 bits per heavy atom. The summed E-state index contributed by atoms with van der Waals surface area (Å²) in [6.07, 6.45) is 1.75. The SMILES string of the molecule is CCN(Cc1cc(=O)n2cc(Br)ccc2n1)C1CNC1. The number of hydrogen-bond donors (Lipinski definition) is 1. The second-order valence-corrected chi connectivity index (χ2v) is 5.95. The second kappa shape index (κ2) is 5.63. The van der Waals surface area contributed by atoms with Crippen LogP contribution in [0.4, 0.5) is 0 Å². The van der Waals surface area contributed by atoms with Gasteiger partial charge in [-0.1, -0.05) is 6.92 Å². The molecule has 0 aromatic carbocycles. The van der Waals surface area contributed by atoms with Crippen molar-refractivity contribution < 1.29 is 0 Å². The largest absolute Gasteiger partial charge is 0.314 e. The highest BCUT2D eigenvalue weighted by molar-refractivity contribution is 9.10. The van der Waals surface area contributed by atoms with E-state index < -0.39 is 0 Å². The molecular formula is C14H17BrN4O. The van der Waals surface area contributed by atoms with E-state index in [0.29, 0.717) is 11.7 Å². The predicted octanol–water partition coefficient (Wildman–Crippen LogP) is 1.25. The van der Waals surface area contributed by atoms with E-state index in [1.807, 2.05) is 12.1 Å². The van der Waals surface area contributed by atoms with Gasteiger partial charge in [0.05, 0.1) is 5.69 Å². The van der Waals surface area contributed by atoms with E-state index in [-0.39, 0.29) is 5.56 Å². The van der Waals surface area contributed by atoms with Gasteiger partial charge in [-0.25, -0.2) is 4.98 Å². The van der Waals surface area contributed by atoms with Gasteiger partial charge in [0.2, 0.25) is 0 Å². The number of pyridine rings is 1. The lowest BCUT2D eigenvalue weighted by Gasteiger charge is -2.37. The van der Waals surface area contributed by atoms with Gasteiger partial charge in [-0.05, 0) is 34.6 Å². The minimum absolute atomic E-state index is 0.0333. The van der Waals surface area contributed by atoms with Crippen LogP contribution in [0.2, 0.25) is 0 Å². The maximum atomic E-state index is 12.1. The topological polar surface area (TPSA) is 49.6 Å². The molecular weight excluding hydrogens is 320 g/mol. The van der Waals surface area contributed by atoms with Crippen molar-refractivity contribution in [2.75, 3.05) is 19.6 Å². The Hall–Kier alpha value is -1.24. The average molecular weight is 337 g/mol. The molecule has 1 aliphatic heterocycles. The summed E-state index contributed by atoms with van der Waals surface area (Å²) in [5.74, 6) is 0. The molecule has 2 aromatic rings. The number of nitrogens with one attached hydrogen (secondary N) is 1. The number of fused-ring (bicyclic) bond motifs is 1. The molecule has 3 rings (SSSR count). The summed E-state index contributed by atoms with van der Waals surface area (Å²) < 4.78 is 2.44. The van der Waals surface area contributed by atoms with Crippen molar-refractivity contribution in [1.82, 2.24) is 19.6 Å². The fourth-order valence-electron chi connectivity index (χ4n) is 2.45. The standard InChI is InChI=1S/C14H17BrN4O/c1-2-18(12-6-16-7-12)9-11-5-14(20)19-8-10(15)3-4-13(19)17-11/h3-5,8,12,16H,2,6-7,9H2,1H3. The first kappa shape index (κ1) is 13.7. The first-order valence-corrected chi connectivity index (χ1v) is 7.59. The number of aromatic nitrogens is 2. The summed E-state index contributed by atoms with van der Waals surface area (Å²) in [6.45, 7) is 5.88. The third-order valence-corrected chi connectivity index (χ3v) is 4.19. The highest BCUT2D eigenvalue weighted by atomic mass is 79.9. The highest BCUT2D eigenvalue weighted by Crippen LogP contribution is 2.12. The van der Waals surface area contributed by atoms with Gasteiger partial charge in [-0.3, -0.25) is 14.1 Å². The molecule has 5 nitrogen and oxygen atoms in total. The van der Waals surface area contributed by atoms with Crippen molar-refractivity contribution in [3.63, 3.8) is 0 Å². The van der Waals surface area contributed by atoms with Crippen LogP contribution in [-0.4, -0.2) is 40.0 Å². The second-order valence-electron chi connectivity index (χ2n) is 5.04. The fraction of sp³-hybridized carbons (Fsp3) is 0.429. The summed E-state index contributed by atoms with van der Waals surface area (Å²) in [6, 6.07) is 5.95.